The fourth-order valence-corrected chi connectivity index (χ4v) is 3.04. The third kappa shape index (κ3) is 2.83. The lowest BCUT2D eigenvalue weighted by molar-refractivity contribution is 0.648. The average Bonchev–Trinajstić information content (AvgIpc) is 2.73. The summed E-state index contributed by atoms with van der Waals surface area (Å²) in [5.74, 6) is 0. The number of hydrogen-bond donors (Lipinski definition) is 1. The maximum atomic E-state index is 5.48. The average molecular weight is 233 g/mol. The number of benzene rings is 1. The van der Waals surface area contributed by atoms with Gasteiger partial charge >= 0.3 is 0 Å². The lowest BCUT2D eigenvalue weighted by Gasteiger charge is -2.00. The Kier molecular flexibility index (Phi) is 4.37. The Bertz CT molecular complexity index is 433. The van der Waals surface area contributed by atoms with E-state index >= 15 is 0 Å². The van der Waals surface area contributed by atoms with Gasteiger partial charge in [0, 0.05) is 4.70 Å². The number of aryl methyl sites for hydroxylation is 1. The van der Waals surface area contributed by atoms with Crippen molar-refractivity contribution < 1.29 is 0 Å². The molecule has 1 aromatic carbocycles. The Labute approximate surface area is 101 Å². The second-order valence-corrected chi connectivity index (χ2v) is 5.12. The predicted molar refractivity (Wildman–Crippen MR) is 73.1 cm³/mol. The Morgan fingerprint density at radius 3 is 2.69 bits per heavy atom. The van der Waals surface area contributed by atoms with Gasteiger partial charge in [-0.2, -0.15) is 0 Å². The molecule has 0 saturated carbocycles. The highest BCUT2D eigenvalue weighted by Crippen LogP contribution is 2.26. The van der Waals surface area contributed by atoms with Crippen LogP contribution in [0.1, 0.15) is 31.2 Å². The van der Waals surface area contributed by atoms with Crippen molar-refractivity contribution in [2.24, 2.45) is 5.73 Å². The fraction of sp³-hybridized carbons (Fsp3) is 0.429. The zero-order valence-electron chi connectivity index (χ0n) is 9.61. The Balaban J connectivity index is 1.89. The lowest BCUT2D eigenvalue weighted by atomic mass is 10.1. The van der Waals surface area contributed by atoms with Gasteiger partial charge in [0.2, 0.25) is 0 Å². The summed E-state index contributed by atoms with van der Waals surface area (Å²) in [6.07, 6.45) is 6.26. The normalized spacial score (nSPS) is 11.1. The molecule has 0 saturated heterocycles. The quantitative estimate of drug-likeness (QED) is 0.751. The van der Waals surface area contributed by atoms with E-state index in [0.717, 1.165) is 6.54 Å². The van der Waals surface area contributed by atoms with Crippen molar-refractivity contribution in [1.82, 2.24) is 0 Å². The van der Waals surface area contributed by atoms with Gasteiger partial charge in [0.15, 0.2) is 0 Å². The van der Waals surface area contributed by atoms with E-state index in [1.807, 2.05) is 11.3 Å². The number of unbranched alkanes of at least 4 members (excludes halogenated alkanes) is 3. The maximum absolute atomic E-state index is 5.48. The standard InChI is InChI=1S/C14H19NS/c15-10-6-2-1-3-7-12-11-16-14-9-5-4-8-13(12)14/h4-5,8-9,11H,1-3,6-7,10,15H2. The molecule has 0 fully saturated rings. The number of hydrogen-bond acceptors (Lipinski definition) is 2. The van der Waals surface area contributed by atoms with Gasteiger partial charge in [0.1, 0.15) is 0 Å². The van der Waals surface area contributed by atoms with Crippen molar-refractivity contribution in [3.8, 4) is 0 Å². The molecule has 0 amide bonds. The summed E-state index contributed by atoms with van der Waals surface area (Å²) in [5.41, 5.74) is 7.00. The number of thiophene rings is 1. The highest BCUT2D eigenvalue weighted by Gasteiger charge is 2.02. The van der Waals surface area contributed by atoms with Crippen LogP contribution >= 0.6 is 11.3 Å². The Hall–Kier alpha value is -0.860. The summed E-state index contributed by atoms with van der Waals surface area (Å²) >= 11 is 1.86. The van der Waals surface area contributed by atoms with Gasteiger partial charge in [-0.15, -0.1) is 11.3 Å². The minimum absolute atomic E-state index is 0.835. The molecule has 0 bridgehead atoms. The van der Waals surface area contributed by atoms with Gasteiger partial charge in [-0.25, -0.2) is 0 Å². The third-order valence-electron chi connectivity index (χ3n) is 2.96. The molecule has 1 heterocycles. The molecule has 16 heavy (non-hydrogen) atoms. The first-order valence-corrected chi connectivity index (χ1v) is 6.95. The molecule has 1 aromatic heterocycles. The van der Waals surface area contributed by atoms with Crippen molar-refractivity contribution in [2.45, 2.75) is 32.1 Å². The molecule has 86 valence electrons. The molecule has 2 N–H and O–H groups in total. The lowest BCUT2D eigenvalue weighted by Crippen LogP contribution is -1.97. The van der Waals surface area contributed by atoms with E-state index < -0.39 is 0 Å². The summed E-state index contributed by atoms with van der Waals surface area (Å²) in [5, 5.41) is 3.76. The molecular formula is C14H19NS. The number of rotatable bonds is 6. The molecule has 0 atom stereocenters. The summed E-state index contributed by atoms with van der Waals surface area (Å²) in [7, 11) is 0. The van der Waals surface area contributed by atoms with Crippen LogP contribution in [0.3, 0.4) is 0 Å². The molecule has 2 rings (SSSR count). The molecule has 1 nitrogen and oxygen atoms in total. The van der Waals surface area contributed by atoms with Crippen LogP contribution in [-0.4, -0.2) is 6.54 Å². The molecule has 0 aliphatic rings. The Morgan fingerprint density at radius 1 is 1.00 bits per heavy atom. The second-order valence-electron chi connectivity index (χ2n) is 4.21. The van der Waals surface area contributed by atoms with Gasteiger partial charge in [-0.1, -0.05) is 31.0 Å². The third-order valence-corrected chi connectivity index (χ3v) is 3.97. The fourth-order valence-electron chi connectivity index (χ4n) is 2.04. The summed E-state index contributed by atoms with van der Waals surface area (Å²) in [6.45, 7) is 0.835. The van der Waals surface area contributed by atoms with Crippen molar-refractivity contribution in [3.63, 3.8) is 0 Å². The van der Waals surface area contributed by atoms with Gasteiger partial charge in [0.05, 0.1) is 0 Å². The first kappa shape index (κ1) is 11.6. The highest BCUT2D eigenvalue weighted by molar-refractivity contribution is 7.17. The second kappa shape index (κ2) is 6.02. The van der Waals surface area contributed by atoms with Gasteiger partial charge in [-0.05, 0) is 48.2 Å². The molecule has 0 spiro atoms. The highest BCUT2D eigenvalue weighted by atomic mass is 32.1. The topological polar surface area (TPSA) is 26.0 Å². The first-order chi connectivity index (χ1) is 7.92. The van der Waals surface area contributed by atoms with E-state index in [4.69, 9.17) is 5.73 Å². The summed E-state index contributed by atoms with van der Waals surface area (Å²) in [6, 6.07) is 8.69. The van der Waals surface area contributed by atoms with Crippen LogP contribution in [0.5, 0.6) is 0 Å². The van der Waals surface area contributed by atoms with Crippen LogP contribution in [0.25, 0.3) is 10.1 Å². The molecule has 0 aliphatic carbocycles. The van der Waals surface area contributed by atoms with Crippen LogP contribution in [-0.2, 0) is 6.42 Å². The number of fused-ring (bicyclic) bond motifs is 1. The van der Waals surface area contributed by atoms with Crippen LogP contribution < -0.4 is 5.73 Å². The van der Waals surface area contributed by atoms with Crippen molar-refractivity contribution in [1.29, 1.82) is 0 Å². The summed E-state index contributed by atoms with van der Waals surface area (Å²) in [4.78, 5) is 0. The van der Waals surface area contributed by atoms with E-state index in [9.17, 15) is 0 Å². The van der Waals surface area contributed by atoms with E-state index in [-0.39, 0.29) is 0 Å². The first-order valence-electron chi connectivity index (χ1n) is 6.07. The van der Waals surface area contributed by atoms with E-state index in [0.29, 0.717) is 0 Å². The van der Waals surface area contributed by atoms with Gasteiger partial charge < -0.3 is 5.73 Å². The Morgan fingerprint density at radius 2 is 1.81 bits per heavy atom. The SMILES string of the molecule is NCCCCCCc1csc2ccccc12. The minimum Gasteiger partial charge on any atom is -0.330 e. The van der Waals surface area contributed by atoms with E-state index in [1.54, 1.807) is 0 Å². The summed E-state index contributed by atoms with van der Waals surface area (Å²) < 4.78 is 1.42. The predicted octanol–water partition coefficient (Wildman–Crippen LogP) is 3.96. The smallest absolute Gasteiger partial charge is 0.0345 e. The largest absolute Gasteiger partial charge is 0.330 e. The van der Waals surface area contributed by atoms with Crippen LogP contribution in [0.15, 0.2) is 29.6 Å². The zero-order chi connectivity index (χ0) is 11.2. The van der Waals surface area contributed by atoms with Crippen LogP contribution in [0.2, 0.25) is 0 Å². The van der Waals surface area contributed by atoms with Gasteiger partial charge in [0.25, 0.3) is 0 Å². The molecule has 0 radical (unpaired) electrons. The minimum atomic E-state index is 0.835. The molecule has 0 aliphatic heterocycles. The number of nitrogens with two attached hydrogens (primary N) is 1. The molecule has 2 aromatic rings. The van der Waals surface area contributed by atoms with Crippen molar-refractivity contribution in [2.75, 3.05) is 6.54 Å². The van der Waals surface area contributed by atoms with Crippen molar-refractivity contribution >= 4 is 21.4 Å². The van der Waals surface area contributed by atoms with Crippen LogP contribution in [0.4, 0.5) is 0 Å². The van der Waals surface area contributed by atoms with Crippen molar-refractivity contribution in [3.05, 3.63) is 35.2 Å². The molecule has 2 heteroatoms. The maximum Gasteiger partial charge on any atom is 0.0345 e. The van der Waals surface area contributed by atoms with E-state index in [1.165, 1.54) is 47.8 Å². The van der Waals surface area contributed by atoms with Gasteiger partial charge in [-0.3, -0.25) is 0 Å². The van der Waals surface area contributed by atoms with E-state index in [2.05, 4.69) is 29.6 Å². The molecule has 0 unspecified atom stereocenters. The monoisotopic (exact) mass is 233 g/mol. The zero-order valence-corrected chi connectivity index (χ0v) is 10.4. The molecular weight excluding hydrogens is 214 g/mol. The van der Waals surface area contributed by atoms with Crippen LogP contribution in [0, 0.1) is 0 Å².